The van der Waals surface area contributed by atoms with Gasteiger partial charge in [-0.2, -0.15) is 0 Å². The van der Waals surface area contributed by atoms with Crippen LogP contribution in [0.5, 0.6) is 0 Å². The Morgan fingerprint density at radius 1 is 0.826 bits per heavy atom. The zero-order valence-electron chi connectivity index (χ0n) is 13.8. The molecule has 0 N–H and O–H groups in total. The van der Waals surface area contributed by atoms with Crippen molar-refractivity contribution in [3.63, 3.8) is 0 Å². The Bertz CT molecular complexity index is 831. The van der Waals surface area contributed by atoms with Crippen LogP contribution in [0, 0.1) is 0 Å². The van der Waals surface area contributed by atoms with Gasteiger partial charge in [0.15, 0.2) is 0 Å². The molecule has 0 fully saturated rings. The SMILES string of the molecule is CC1=CC(C)=C(C2=Cc3ccccc3C(c3ccccc3)C2)C1. The van der Waals surface area contributed by atoms with E-state index in [-0.39, 0.29) is 0 Å². The Labute approximate surface area is 138 Å². The fourth-order valence-electron chi connectivity index (χ4n) is 4.02. The Morgan fingerprint density at radius 3 is 2.30 bits per heavy atom. The Kier molecular flexibility index (Phi) is 3.53. The van der Waals surface area contributed by atoms with Crippen LogP contribution in [0.2, 0.25) is 0 Å². The summed E-state index contributed by atoms with van der Waals surface area (Å²) in [5.41, 5.74) is 10.2. The minimum Gasteiger partial charge on any atom is -0.0686 e. The van der Waals surface area contributed by atoms with Gasteiger partial charge >= 0.3 is 0 Å². The second-order valence-corrected chi connectivity index (χ2v) is 6.79. The molecule has 0 aliphatic heterocycles. The van der Waals surface area contributed by atoms with Gasteiger partial charge in [-0.3, -0.25) is 0 Å². The first-order valence-electron chi connectivity index (χ1n) is 8.44. The van der Waals surface area contributed by atoms with Crippen molar-refractivity contribution in [1.29, 1.82) is 0 Å². The van der Waals surface area contributed by atoms with Crippen LogP contribution in [-0.4, -0.2) is 0 Å². The lowest BCUT2D eigenvalue weighted by Gasteiger charge is -2.27. The van der Waals surface area contributed by atoms with E-state index in [1.54, 1.807) is 0 Å². The van der Waals surface area contributed by atoms with Crippen molar-refractivity contribution < 1.29 is 0 Å². The first-order valence-corrected chi connectivity index (χ1v) is 8.44. The molecule has 114 valence electrons. The van der Waals surface area contributed by atoms with Gasteiger partial charge in [-0.05, 0) is 60.1 Å². The van der Waals surface area contributed by atoms with Gasteiger partial charge in [-0.15, -0.1) is 0 Å². The predicted octanol–water partition coefficient (Wildman–Crippen LogP) is 6.27. The average molecular weight is 298 g/mol. The third kappa shape index (κ3) is 2.59. The maximum absolute atomic E-state index is 2.42. The number of hydrogen-bond donors (Lipinski definition) is 0. The zero-order valence-corrected chi connectivity index (χ0v) is 13.8. The predicted molar refractivity (Wildman–Crippen MR) is 98.4 cm³/mol. The molecule has 4 rings (SSSR count). The smallest absolute Gasteiger partial charge is 0.0136 e. The van der Waals surface area contributed by atoms with E-state index in [2.05, 4.69) is 80.6 Å². The van der Waals surface area contributed by atoms with Gasteiger partial charge in [0.1, 0.15) is 0 Å². The molecule has 1 unspecified atom stereocenters. The summed E-state index contributed by atoms with van der Waals surface area (Å²) in [6.45, 7) is 4.49. The molecule has 0 bridgehead atoms. The van der Waals surface area contributed by atoms with E-state index in [0.29, 0.717) is 5.92 Å². The molecule has 2 aromatic carbocycles. The highest BCUT2D eigenvalue weighted by Crippen LogP contribution is 2.43. The van der Waals surface area contributed by atoms with Gasteiger partial charge in [0.2, 0.25) is 0 Å². The monoisotopic (exact) mass is 298 g/mol. The third-order valence-electron chi connectivity index (χ3n) is 5.11. The zero-order chi connectivity index (χ0) is 15.8. The second kappa shape index (κ2) is 5.70. The van der Waals surface area contributed by atoms with Gasteiger partial charge in [0, 0.05) is 5.92 Å². The molecule has 0 saturated carbocycles. The van der Waals surface area contributed by atoms with E-state index in [9.17, 15) is 0 Å². The molecule has 2 aromatic rings. The maximum Gasteiger partial charge on any atom is 0.0136 e. The minimum absolute atomic E-state index is 0.466. The first kappa shape index (κ1) is 14.3. The minimum atomic E-state index is 0.466. The van der Waals surface area contributed by atoms with Crippen molar-refractivity contribution >= 4 is 6.08 Å². The summed E-state index contributed by atoms with van der Waals surface area (Å²) in [7, 11) is 0. The van der Waals surface area contributed by atoms with Crippen molar-refractivity contribution in [1.82, 2.24) is 0 Å². The topological polar surface area (TPSA) is 0 Å². The van der Waals surface area contributed by atoms with Crippen molar-refractivity contribution in [2.75, 3.05) is 0 Å². The molecular weight excluding hydrogens is 276 g/mol. The average Bonchev–Trinajstić information content (AvgIpc) is 2.93. The largest absolute Gasteiger partial charge is 0.0686 e. The molecule has 1 atom stereocenters. The van der Waals surface area contributed by atoms with Gasteiger partial charge in [-0.1, -0.05) is 72.3 Å². The lowest BCUT2D eigenvalue weighted by atomic mass is 9.77. The highest BCUT2D eigenvalue weighted by atomic mass is 14.3. The molecule has 0 heterocycles. The number of allylic oxidation sites excluding steroid dienone is 5. The summed E-state index contributed by atoms with van der Waals surface area (Å²) in [6.07, 6.45) is 6.98. The van der Waals surface area contributed by atoms with E-state index < -0.39 is 0 Å². The van der Waals surface area contributed by atoms with Crippen molar-refractivity contribution in [2.45, 2.75) is 32.6 Å². The number of benzene rings is 2. The van der Waals surface area contributed by atoms with Crippen LogP contribution in [0.4, 0.5) is 0 Å². The van der Waals surface area contributed by atoms with Crippen LogP contribution < -0.4 is 0 Å². The Balaban J connectivity index is 1.80. The van der Waals surface area contributed by atoms with E-state index >= 15 is 0 Å². The Hall–Kier alpha value is -2.34. The quantitative estimate of drug-likeness (QED) is 0.612. The summed E-state index contributed by atoms with van der Waals surface area (Å²) in [5, 5.41) is 0. The van der Waals surface area contributed by atoms with Gasteiger partial charge in [0.05, 0.1) is 0 Å². The second-order valence-electron chi connectivity index (χ2n) is 6.79. The summed E-state index contributed by atoms with van der Waals surface area (Å²) in [4.78, 5) is 0. The van der Waals surface area contributed by atoms with Gasteiger partial charge in [0.25, 0.3) is 0 Å². The number of fused-ring (bicyclic) bond motifs is 1. The standard InChI is InChI=1S/C23H22/c1-16-12-17(2)22(13-16)20-14-19-10-6-7-11-21(19)23(15-20)18-8-4-3-5-9-18/h3-12,14,23H,13,15H2,1-2H3. The number of hydrogen-bond acceptors (Lipinski definition) is 0. The van der Waals surface area contributed by atoms with Crippen LogP contribution in [0.15, 0.2) is 83.0 Å². The molecule has 0 aromatic heterocycles. The first-order chi connectivity index (χ1) is 11.2. The van der Waals surface area contributed by atoms with Crippen molar-refractivity contribution in [2.24, 2.45) is 0 Å². The van der Waals surface area contributed by atoms with Crippen LogP contribution in [0.1, 0.15) is 49.3 Å². The lowest BCUT2D eigenvalue weighted by molar-refractivity contribution is 0.785. The highest BCUT2D eigenvalue weighted by Gasteiger charge is 2.25. The Morgan fingerprint density at radius 2 is 1.57 bits per heavy atom. The van der Waals surface area contributed by atoms with E-state index in [1.165, 1.54) is 39.0 Å². The van der Waals surface area contributed by atoms with Crippen molar-refractivity contribution in [3.05, 3.63) is 99.7 Å². The van der Waals surface area contributed by atoms with E-state index in [1.807, 2.05) is 0 Å². The number of rotatable bonds is 2. The molecule has 0 radical (unpaired) electrons. The molecular formula is C23H22. The normalized spacial score (nSPS) is 20.2. The molecule has 23 heavy (non-hydrogen) atoms. The molecule has 2 aliphatic rings. The lowest BCUT2D eigenvalue weighted by Crippen LogP contribution is -2.10. The molecule has 0 heteroatoms. The third-order valence-corrected chi connectivity index (χ3v) is 5.11. The highest BCUT2D eigenvalue weighted by molar-refractivity contribution is 5.68. The molecule has 0 spiro atoms. The molecule has 2 aliphatic carbocycles. The fourth-order valence-corrected chi connectivity index (χ4v) is 4.02. The summed E-state index contributed by atoms with van der Waals surface area (Å²) in [6, 6.07) is 19.8. The van der Waals surface area contributed by atoms with E-state index in [4.69, 9.17) is 0 Å². The van der Waals surface area contributed by atoms with Crippen LogP contribution in [0.3, 0.4) is 0 Å². The summed E-state index contributed by atoms with van der Waals surface area (Å²) >= 11 is 0. The maximum atomic E-state index is 2.42. The van der Waals surface area contributed by atoms with Crippen LogP contribution in [-0.2, 0) is 0 Å². The van der Waals surface area contributed by atoms with Gasteiger partial charge in [-0.25, -0.2) is 0 Å². The van der Waals surface area contributed by atoms with Crippen LogP contribution >= 0.6 is 0 Å². The van der Waals surface area contributed by atoms with Crippen LogP contribution in [0.25, 0.3) is 6.08 Å². The van der Waals surface area contributed by atoms with Gasteiger partial charge < -0.3 is 0 Å². The van der Waals surface area contributed by atoms with E-state index in [0.717, 1.165) is 12.8 Å². The molecule has 0 saturated heterocycles. The fraction of sp³-hybridized carbons (Fsp3) is 0.217. The molecule has 0 amide bonds. The molecule has 0 nitrogen and oxygen atoms in total. The summed E-state index contributed by atoms with van der Waals surface area (Å²) < 4.78 is 0. The van der Waals surface area contributed by atoms with Crippen molar-refractivity contribution in [3.8, 4) is 0 Å². The summed E-state index contributed by atoms with van der Waals surface area (Å²) in [5.74, 6) is 0.466.